The minimum Gasteiger partial charge on any atom is -0.497 e. The standard InChI is InChI=1S/C23H25N5O3S/c1-5-32-23-26-22-24-14(2)19(21(29)25-17-8-6-7-9-18(17)31-4)20(28(22)27-23)15-10-12-16(30-3)13-11-15/h6-13,20H,5H2,1-4H3,(H,25,29)(H,24,26,27)/t20-/m0/s1. The number of ether oxygens (including phenoxy) is 2. The zero-order chi connectivity index (χ0) is 22.7. The average molecular weight is 452 g/mol. The van der Waals surface area contributed by atoms with E-state index in [-0.39, 0.29) is 5.91 Å². The van der Waals surface area contributed by atoms with Gasteiger partial charge in [0, 0.05) is 5.70 Å². The summed E-state index contributed by atoms with van der Waals surface area (Å²) in [6, 6.07) is 14.5. The molecule has 1 aromatic heterocycles. The Bertz CT molecular complexity index is 1160. The van der Waals surface area contributed by atoms with Crippen LogP contribution in [0.4, 0.5) is 11.6 Å². The van der Waals surface area contributed by atoms with Gasteiger partial charge in [0.15, 0.2) is 0 Å². The fourth-order valence-electron chi connectivity index (χ4n) is 3.65. The Morgan fingerprint density at radius 2 is 1.91 bits per heavy atom. The Hall–Kier alpha value is -3.46. The summed E-state index contributed by atoms with van der Waals surface area (Å²) < 4.78 is 12.5. The van der Waals surface area contributed by atoms with Crippen LogP contribution in [0.5, 0.6) is 11.5 Å². The van der Waals surface area contributed by atoms with Gasteiger partial charge in [0.05, 0.1) is 25.5 Å². The van der Waals surface area contributed by atoms with Gasteiger partial charge in [-0.15, -0.1) is 5.10 Å². The van der Waals surface area contributed by atoms with Gasteiger partial charge < -0.3 is 20.1 Å². The highest BCUT2D eigenvalue weighted by molar-refractivity contribution is 7.99. The Kier molecular flexibility index (Phi) is 6.36. The predicted molar refractivity (Wildman–Crippen MR) is 125 cm³/mol. The lowest BCUT2D eigenvalue weighted by Gasteiger charge is -2.29. The molecule has 2 aromatic carbocycles. The number of carbonyl (C=O) groups is 1. The summed E-state index contributed by atoms with van der Waals surface area (Å²) in [7, 11) is 3.20. The van der Waals surface area contributed by atoms with Crippen molar-refractivity contribution >= 4 is 29.3 Å². The van der Waals surface area contributed by atoms with Gasteiger partial charge in [-0.1, -0.05) is 43.0 Å². The second kappa shape index (κ2) is 9.35. The van der Waals surface area contributed by atoms with Crippen molar-refractivity contribution in [3.63, 3.8) is 0 Å². The maximum atomic E-state index is 13.5. The van der Waals surface area contributed by atoms with E-state index >= 15 is 0 Å². The molecule has 32 heavy (non-hydrogen) atoms. The van der Waals surface area contributed by atoms with Gasteiger partial charge in [0.2, 0.25) is 11.1 Å². The number of carbonyl (C=O) groups excluding carboxylic acids is 1. The van der Waals surface area contributed by atoms with E-state index < -0.39 is 6.04 Å². The highest BCUT2D eigenvalue weighted by atomic mass is 32.2. The third-order valence-electron chi connectivity index (χ3n) is 5.14. The molecule has 1 aliphatic rings. The van der Waals surface area contributed by atoms with Crippen molar-refractivity contribution in [1.82, 2.24) is 14.8 Å². The van der Waals surface area contributed by atoms with Gasteiger partial charge in [-0.3, -0.25) is 4.79 Å². The predicted octanol–water partition coefficient (Wildman–Crippen LogP) is 4.33. The average Bonchev–Trinajstić information content (AvgIpc) is 3.20. The molecule has 4 rings (SSSR count). The molecule has 0 spiro atoms. The van der Waals surface area contributed by atoms with E-state index in [1.807, 2.05) is 49.4 Å². The lowest BCUT2D eigenvalue weighted by atomic mass is 9.95. The number of allylic oxidation sites excluding steroid dienone is 1. The molecule has 0 saturated heterocycles. The largest absolute Gasteiger partial charge is 0.497 e. The van der Waals surface area contributed by atoms with Crippen LogP contribution in [-0.2, 0) is 4.79 Å². The van der Waals surface area contributed by atoms with E-state index in [0.29, 0.717) is 33.8 Å². The van der Waals surface area contributed by atoms with Gasteiger partial charge >= 0.3 is 0 Å². The summed E-state index contributed by atoms with van der Waals surface area (Å²) in [5.74, 6) is 2.54. The molecule has 1 aliphatic heterocycles. The van der Waals surface area contributed by atoms with Gasteiger partial charge in [-0.2, -0.15) is 4.98 Å². The Morgan fingerprint density at radius 1 is 1.16 bits per heavy atom. The molecule has 0 unspecified atom stereocenters. The molecule has 0 bridgehead atoms. The Labute approximate surface area is 191 Å². The summed E-state index contributed by atoms with van der Waals surface area (Å²) in [5.41, 5.74) is 2.76. The molecular formula is C23H25N5O3S. The van der Waals surface area contributed by atoms with E-state index in [2.05, 4.69) is 27.6 Å². The fourth-order valence-corrected chi connectivity index (χ4v) is 4.20. The molecule has 8 nitrogen and oxygen atoms in total. The van der Waals surface area contributed by atoms with Gasteiger partial charge in [0.1, 0.15) is 17.5 Å². The van der Waals surface area contributed by atoms with Crippen molar-refractivity contribution in [3.8, 4) is 11.5 Å². The normalized spacial score (nSPS) is 15.1. The number of nitrogens with zero attached hydrogens (tertiary/aromatic N) is 3. The lowest BCUT2D eigenvalue weighted by molar-refractivity contribution is -0.113. The molecule has 0 saturated carbocycles. The fraction of sp³-hybridized carbons (Fsp3) is 0.261. The van der Waals surface area contributed by atoms with Crippen LogP contribution in [0, 0.1) is 0 Å². The minimum absolute atomic E-state index is 0.244. The molecule has 0 aliphatic carbocycles. The smallest absolute Gasteiger partial charge is 0.255 e. The molecular weight excluding hydrogens is 426 g/mol. The highest BCUT2D eigenvalue weighted by Gasteiger charge is 2.34. The third kappa shape index (κ3) is 4.16. The number of hydrogen-bond donors (Lipinski definition) is 2. The first-order valence-corrected chi connectivity index (χ1v) is 11.2. The van der Waals surface area contributed by atoms with E-state index in [0.717, 1.165) is 17.1 Å². The Balaban J connectivity index is 1.77. The van der Waals surface area contributed by atoms with Crippen LogP contribution >= 0.6 is 11.8 Å². The molecule has 0 fully saturated rings. The maximum absolute atomic E-state index is 13.5. The molecule has 166 valence electrons. The van der Waals surface area contributed by atoms with Gasteiger partial charge in [-0.25, -0.2) is 4.68 Å². The summed E-state index contributed by atoms with van der Waals surface area (Å²) in [6.45, 7) is 3.92. The molecule has 2 heterocycles. The number of thioether (sulfide) groups is 1. The molecule has 0 radical (unpaired) electrons. The van der Waals surface area contributed by atoms with Crippen LogP contribution in [0.25, 0.3) is 0 Å². The molecule has 1 amide bonds. The van der Waals surface area contributed by atoms with Crippen molar-refractivity contribution in [2.24, 2.45) is 0 Å². The van der Waals surface area contributed by atoms with Crippen LogP contribution in [0.2, 0.25) is 0 Å². The first-order chi connectivity index (χ1) is 15.5. The van der Waals surface area contributed by atoms with Crippen LogP contribution in [-0.4, -0.2) is 40.6 Å². The van der Waals surface area contributed by atoms with Crippen LogP contribution < -0.4 is 20.1 Å². The summed E-state index contributed by atoms with van der Waals surface area (Å²) in [6.07, 6.45) is 0. The first-order valence-electron chi connectivity index (χ1n) is 10.2. The third-order valence-corrected chi connectivity index (χ3v) is 5.86. The van der Waals surface area contributed by atoms with Gasteiger partial charge in [0.25, 0.3) is 5.91 Å². The highest BCUT2D eigenvalue weighted by Crippen LogP contribution is 2.37. The van der Waals surface area contributed by atoms with Crippen molar-refractivity contribution in [2.45, 2.75) is 25.0 Å². The topological polar surface area (TPSA) is 90.3 Å². The molecule has 3 aromatic rings. The quantitative estimate of drug-likeness (QED) is 0.517. The van der Waals surface area contributed by atoms with Crippen molar-refractivity contribution in [2.75, 3.05) is 30.6 Å². The van der Waals surface area contributed by atoms with E-state index in [4.69, 9.17) is 9.47 Å². The van der Waals surface area contributed by atoms with Gasteiger partial charge in [-0.05, 0) is 42.5 Å². The zero-order valence-corrected chi connectivity index (χ0v) is 19.2. The van der Waals surface area contributed by atoms with Crippen molar-refractivity contribution in [1.29, 1.82) is 0 Å². The number of benzene rings is 2. The van der Waals surface area contributed by atoms with Crippen molar-refractivity contribution < 1.29 is 14.3 Å². The lowest BCUT2D eigenvalue weighted by Crippen LogP contribution is -2.31. The maximum Gasteiger partial charge on any atom is 0.255 e. The summed E-state index contributed by atoms with van der Waals surface area (Å²) in [4.78, 5) is 18.1. The van der Waals surface area contributed by atoms with Crippen molar-refractivity contribution in [3.05, 3.63) is 65.4 Å². The number of rotatable bonds is 7. The van der Waals surface area contributed by atoms with Crippen LogP contribution in [0.15, 0.2) is 65.0 Å². The summed E-state index contributed by atoms with van der Waals surface area (Å²) >= 11 is 1.55. The summed E-state index contributed by atoms with van der Waals surface area (Å²) in [5, 5.41) is 11.6. The van der Waals surface area contributed by atoms with E-state index in [1.165, 1.54) is 0 Å². The number of para-hydroxylation sites is 2. The number of anilines is 2. The SMILES string of the molecule is CCSc1nc2n(n1)[C@@H](c1ccc(OC)cc1)C(C(=O)Nc1ccccc1OC)=C(C)N2. The number of methoxy groups -OCH3 is 2. The molecule has 1 atom stereocenters. The van der Waals surface area contributed by atoms with E-state index in [9.17, 15) is 4.79 Å². The molecule has 2 N–H and O–H groups in total. The second-order valence-corrected chi connectivity index (χ2v) is 8.32. The number of amides is 1. The number of hydrogen-bond acceptors (Lipinski definition) is 7. The zero-order valence-electron chi connectivity index (χ0n) is 18.4. The first kappa shape index (κ1) is 21.8. The van der Waals surface area contributed by atoms with Crippen LogP contribution in [0.1, 0.15) is 25.5 Å². The number of aromatic nitrogens is 3. The monoisotopic (exact) mass is 451 g/mol. The van der Waals surface area contributed by atoms with E-state index in [1.54, 1.807) is 36.7 Å². The number of fused-ring (bicyclic) bond motifs is 1. The minimum atomic E-state index is -0.453. The molecule has 9 heteroatoms. The number of nitrogens with one attached hydrogen (secondary N) is 2. The second-order valence-electron chi connectivity index (χ2n) is 7.09. The Morgan fingerprint density at radius 3 is 2.59 bits per heavy atom. The van der Waals surface area contributed by atoms with Crippen LogP contribution in [0.3, 0.4) is 0 Å².